The van der Waals surface area contributed by atoms with E-state index >= 15 is 0 Å². The molecule has 0 radical (unpaired) electrons. The Balaban J connectivity index is 1.85. The van der Waals surface area contributed by atoms with Gasteiger partial charge in [0.05, 0.1) is 19.8 Å². The van der Waals surface area contributed by atoms with E-state index in [1.165, 1.54) is 13.2 Å². The Bertz CT molecular complexity index is 1250. The minimum absolute atomic E-state index is 0.105. The SMILES string of the molecule is COC(=O)[C@H](Cc1cc(=O)oc2cc(OC)ccc12)NC(=O)[C@@H](O)c1ccc(C(F)(F)F)cc1. The van der Waals surface area contributed by atoms with Crippen LogP contribution < -0.4 is 15.7 Å². The van der Waals surface area contributed by atoms with Crippen molar-refractivity contribution in [3.8, 4) is 5.75 Å². The molecular formula is C23H20F3NO7. The number of carbonyl (C=O) groups is 2. The Morgan fingerprint density at radius 1 is 1.09 bits per heavy atom. The molecule has 0 fully saturated rings. The summed E-state index contributed by atoms with van der Waals surface area (Å²) in [5.74, 6) is -1.46. The quantitative estimate of drug-likeness (QED) is 0.396. The number of esters is 1. The van der Waals surface area contributed by atoms with Gasteiger partial charge in [-0.3, -0.25) is 4.79 Å². The topological polar surface area (TPSA) is 115 Å². The fourth-order valence-corrected chi connectivity index (χ4v) is 3.32. The highest BCUT2D eigenvalue weighted by atomic mass is 19.4. The Kier molecular flexibility index (Phi) is 7.26. The molecule has 1 heterocycles. The summed E-state index contributed by atoms with van der Waals surface area (Å²) in [6.45, 7) is 0. The summed E-state index contributed by atoms with van der Waals surface area (Å²) in [6.07, 6.45) is -6.61. The van der Waals surface area contributed by atoms with Gasteiger partial charge in [0, 0.05) is 23.9 Å². The highest BCUT2D eigenvalue weighted by Gasteiger charge is 2.31. The van der Waals surface area contributed by atoms with Crippen LogP contribution in [0.25, 0.3) is 11.0 Å². The van der Waals surface area contributed by atoms with Crippen molar-refractivity contribution in [3.63, 3.8) is 0 Å². The lowest BCUT2D eigenvalue weighted by molar-refractivity contribution is -0.146. The standard InChI is InChI=1S/C23H20F3NO7/c1-32-15-7-8-16-13(10-19(28)34-18(16)11-15)9-17(22(31)33-2)27-21(30)20(29)12-3-5-14(6-4-12)23(24,25)26/h3-8,10-11,17,20,29H,9H2,1-2H3,(H,27,30)/t17-,20-/m0/s1. The lowest BCUT2D eigenvalue weighted by Gasteiger charge is -2.20. The number of amides is 1. The number of aliphatic hydroxyl groups excluding tert-OH is 1. The number of aliphatic hydroxyl groups is 1. The number of methoxy groups -OCH3 is 2. The molecule has 0 spiro atoms. The molecule has 0 saturated carbocycles. The molecule has 2 N–H and O–H groups in total. The summed E-state index contributed by atoms with van der Waals surface area (Å²) in [7, 11) is 2.53. The molecule has 3 aromatic rings. The maximum absolute atomic E-state index is 12.7. The van der Waals surface area contributed by atoms with Gasteiger partial charge in [-0.1, -0.05) is 12.1 Å². The zero-order chi connectivity index (χ0) is 25.0. The predicted molar refractivity (Wildman–Crippen MR) is 113 cm³/mol. The van der Waals surface area contributed by atoms with Gasteiger partial charge in [-0.15, -0.1) is 0 Å². The van der Waals surface area contributed by atoms with E-state index in [1.54, 1.807) is 12.1 Å². The van der Waals surface area contributed by atoms with Crippen LogP contribution >= 0.6 is 0 Å². The third kappa shape index (κ3) is 5.54. The van der Waals surface area contributed by atoms with Crippen molar-refractivity contribution in [1.29, 1.82) is 0 Å². The molecule has 3 rings (SSSR count). The lowest BCUT2D eigenvalue weighted by atomic mass is 10.0. The largest absolute Gasteiger partial charge is 0.497 e. The van der Waals surface area contributed by atoms with Crippen LogP contribution in [0, 0.1) is 0 Å². The van der Waals surface area contributed by atoms with Gasteiger partial charge in [-0.05, 0) is 35.4 Å². The zero-order valence-corrected chi connectivity index (χ0v) is 18.0. The second-order valence-corrected chi connectivity index (χ2v) is 7.26. The van der Waals surface area contributed by atoms with Gasteiger partial charge in [-0.25, -0.2) is 9.59 Å². The Labute approximate surface area is 190 Å². The van der Waals surface area contributed by atoms with Gasteiger partial charge in [0.2, 0.25) is 0 Å². The van der Waals surface area contributed by atoms with Crippen molar-refractivity contribution < 1.29 is 41.8 Å². The summed E-state index contributed by atoms with van der Waals surface area (Å²) in [5, 5.41) is 13.1. The summed E-state index contributed by atoms with van der Waals surface area (Å²) in [6, 6.07) is 7.94. The molecule has 34 heavy (non-hydrogen) atoms. The molecule has 0 aliphatic rings. The molecule has 2 aromatic carbocycles. The molecule has 2 atom stereocenters. The maximum atomic E-state index is 12.7. The highest BCUT2D eigenvalue weighted by molar-refractivity contribution is 5.88. The van der Waals surface area contributed by atoms with Crippen molar-refractivity contribution in [2.45, 2.75) is 24.7 Å². The molecule has 0 unspecified atom stereocenters. The van der Waals surface area contributed by atoms with E-state index in [0.29, 0.717) is 16.7 Å². The fraction of sp³-hybridized carbons (Fsp3) is 0.261. The minimum Gasteiger partial charge on any atom is -0.497 e. The predicted octanol–water partition coefficient (Wildman–Crippen LogP) is 2.75. The van der Waals surface area contributed by atoms with E-state index in [0.717, 1.165) is 37.4 Å². The first-order valence-corrected chi connectivity index (χ1v) is 9.87. The van der Waals surface area contributed by atoms with Crippen LogP contribution in [0.1, 0.15) is 22.8 Å². The number of rotatable bonds is 7. The van der Waals surface area contributed by atoms with Crippen molar-refractivity contribution in [1.82, 2.24) is 5.32 Å². The average molecular weight is 479 g/mol. The highest BCUT2D eigenvalue weighted by Crippen LogP contribution is 2.30. The van der Waals surface area contributed by atoms with Crippen molar-refractivity contribution in [2.75, 3.05) is 14.2 Å². The first-order chi connectivity index (χ1) is 16.0. The number of benzene rings is 2. The summed E-state index contributed by atoms with van der Waals surface area (Å²) >= 11 is 0. The zero-order valence-electron chi connectivity index (χ0n) is 18.0. The van der Waals surface area contributed by atoms with Crippen LogP contribution in [0.3, 0.4) is 0 Å². The summed E-state index contributed by atoms with van der Waals surface area (Å²) < 4.78 is 53.2. The van der Waals surface area contributed by atoms with Crippen LogP contribution in [0.2, 0.25) is 0 Å². The Hall–Kier alpha value is -3.86. The second-order valence-electron chi connectivity index (χ2n) is 7.26. The molecule has 180 valence electrons. The first kappa shape index (κ1) is 24.8. The van der Waals surface area contributed by atoms with Gasteiger partial charge in [0.15, 0.2) is 6.10 Å². The van der Waals surface area contributed by atoms with E-state index in [9.17, 15) is 32.7 Å². The van der Waals surface area contributed by atoms with Crippen molar-refractivity contribution in [3.05, 3.63) is 75.6 Å². The number of halogens is 3. The monoisotopic (exact) mass is 479 g/mol. The van der Waals surface area contributed by atoms with E-state index in [2.05, 4.69) is 5.32 Å². The number of alkyl halides is 3. The van der Waals surface area contributed by atoms with Gasteiger partial charge >= 0.3 is 17.8 Å². The maximum Gasteiger partial charge on any atom is 0.416 e. The van der Waals surface area contributed by atoms with Gasteiger partial charge in [0.25, 0.3) is 5.91 Å². The molecule has 1 aromatic heterocycles. The number of nitrogens with one attached hydrogen (secondary N) is 1. The van der Waals surface area contributed by atoms with Crippen LogP contribution in [0.5, 0.6) is 5.75 Å². The van der Waals surface area contributed by atoms with E-state index in [-0.39, 0.29) is 17.6 Å². The average Bonchev–Trinajstić information content (AvgIpc) is 2.81. The molecule has 0 saturated heterocycles. The normalized spacial score (nSPS) is 13.2. The van der Waals surface area contributed by atoms with Crippen LogP contribution in [0.15, 0.2) is 57.7 Å². The van der Waals surface area contributed by atoms with Crippen LogP contribution in [-0.2, 0) is 26.9 Å². The van der Waals surface area contributed by atoms with E-state index in [4.69, 9.17) is 13.9 Å². The molecule has 0 bridgehead atoms. The van der Waals surface area contributed by atoms with Gasteiger partial charge in [-0.2, -0.15) is 13.2 Å². The second kappa shape index (κ2) is 9.96. The van der Waals surface area contributed by atoms with Gasteiger partial charge in [0.1, 0.15) is 17.4 Å². The lowest BCUT2D eigenvalue weighted by Crippen LogP contribution is -2.45. The number of ether oxygens (including phenoxy) is 2. The van der Waals surface area contributed by atoms with E-state index in [1.807, 2.05) is 0 Å². The third-order valence-corrected chi connectivity index (χ3v) is 5.07. The smallest absolute Gasteiger partial charge is 0.416 e. The molecular weight excluding hydrogens is 459 g/mol. The van der Waals surface area contributed by atoms with Crippen molar-refractivity contribution in [2.24, 2.45) is 0 Å². The molecule has 0 aliphatic heterocycles. The molecule has 1 amide bonds. The molecule has 8 nitrogen and oxygen atoms in total. The van der Waals surface area contributed by atoms with Gasteiger partial charge < -0.3 is 24.3 Å². The minimum atomic E-state index is -4.57. The third-order valence-electron chi connectivity index (χ3n) is 5.07. The fourth-order valence-electron chi connectivity index (χ4n) is 3.32. The van der Waals surface area contributed by atoms with Crippen molar-refractivity contribution >= 4 is 22.8 Å². The van der Waals surface area contributed by atoms with E-state index < -0.39 is 41.4 Å². The Morgan fingerprint density at radius 2 is 1.76 bits per heavy atom. The van der Waals surface area contributed by atoms with Crippen LogP contribution in [-0.4, -0.2) is 37.2 Å². The van der Waals surface area contributed by atoms with Crippen LogP contribution in [0.4, 0.5) is 13.2 Å². The number of carbonyl (C=O) groups excluding carboxylic acids is 2. The Morgan fingerprint density at radius 3 is 2.35 bits per heavy atom. The number of hydrogen-bond donors (Lipinski definition) is 2. The number of hydrogen-bond acceptors (Lipinski definition) is 7. The summed E-state index contributed by atoms with van der Waals surface area (Å²) in [4.78, 5) is 36.9. The summed E-state index contributed by atoms with van der Waals surface area (Å²) in [5.41, 5.74) is -1.19. The first-order valence-electron chi connectivity index (χ1n) is 9.87. The number of fused-ring (bicyclic) bond motifs is 1. The molecule has 0 aliphatic carbocycles. The molecule has 11 heteroatoms.